The molecule has 2 aromatic rings. The molecule has 0 fully saturated rings. The van der Waals surface area contributed by atoms with Gasteiger partial charge in [0.2, 0.25) is 5.91 Å². The van der Waals surface area contributed by atoms with Crippen molar-refractivity contribution in [2.45, 2.75) is 27.3 Å². The largest absolute Gasteiger partial charge is 0.323 e. The number of nitrogens with zero attached hydrogens (tertiary/aromatic N) is 2. The Morgan fingerprint density at radius 2 is 2.05 bits per heavy atom. The van der Waals surface area contributed by atoms with Gasteiger partial charge in [-0.3, -0.25) is 9.48 Å². The van der Waals surface area contributed by atoms with E-state index in [2.05, 4.69) is 26.3 Å². The number of hydrogen-bond acceptors (Lipinski definition) is 2. The van der Waals surface area contributed by atoms with Gasteiger partial charge in [0.15, 0.2) is 0 Å². The lowest BCUT2D eigenvalue weighted by Gasteiger charge is -2.10. The Bertz CT molecular complexity index is 667. The average molecular weight is 357 g/mol. The van der Waals surface area contributed by atoms with Gasteiger partial charge in [-0.1, -0.05) is 11.6 Å². The van der Waals surface area contributed by atoms with E-state index in [9.17, 15) is 4.79 Å². The monoisotopic (exact) mass is 355 g/mol. The van der Waals surface area contributed by atoms with E-state index >= 15 is 0 Å². The molecule has 1 amide bonds. The van der Waals surface area contributed by atoms with Crippen LogP contribution in [0.15, 0.2) is 22.7 Å². The van der Waals surface area contributed by atoms with Crippen LogP contribution in [0.1, 0.15) is 17.0 Å². The number of anilines is 1. The van der Waals surface area contributed by atoms with Crippen molar-refractivity contribution in [2.75, 3.05) is 5.32 Å². The Morgan fingerprint density at radius 1 is 1.35 bits per heavy atom. The first-order valence-corrected chi connectivity index (χ1v) is 7.30. The predicted octanol–water partition coefficient (Wildman–Crippen LogP) is 3.86. The summed E-state index contributed by atoms with van der Waals surface area (Å²) in [4.78, 5) is 12.1. The molecule has 1 heterocycles. The second-order valence-electron chi connectivity index (χ2n) is 4.71. The maximum atomic E-state index is 12.1. The number of hydrogen-bond donors (Lipinski definition) is 1. The zero-order chi connectivity index (χ0) is 14.9. The summed E-state index contributed by atoms with van der Waals surface area (Å²) in [5.74, 6) is -0.142. The topological polar surface area (TPSA) is 46.9 Å². The van der Waals surface area contributed by atoms with E-state index in [1.54, 1.807) is 10.7 Å². The minimum Gasteiger partial charge on any atom is -0.323 e. The van der Waals surface area contributed by atoms with Crippen molar-refractivity contribution in [1.29, 1.82) is 0 Å². The molecule has 1 N–H and O–H groups in total. The van der Waals surface area contributed by atoms with Crippen LogP contribution in [0.4, 0.5) is 5.69 Å². The zero-order valence-electron chi connectivity index (χ0n) is 11.5. The highest BCUT2D eigenvalue weighted by molar-refractivity contribution is 9.10. The number of carbonyl (C=O) groups is 1. The van der Waals surface area contributed by atoms with Crippen LogP contribution in [0.3, 0.4) is 0 Å². The van der Waals surface area contributed by atoms with Crippen molar-refractivity contribution in [3.05, 3.63) is 44.6 Å². The molecule has 0 aliphatic heterocycles. The fourth-order valence-electron chi connectivity index (χ4n) is 1.90. The third kappa shape index (κ3) is 3.41. The SMILES string of the molecule is Cc1cc(C)n(CC(=O)Nc2cc(Cl)c(C)cc2Br)n1. The summed E-state index contributed by atoms with van der Waals surface area (Å²) in [6.45, 7) is 5.91. The fourth-order valence-corrected chi connectivity index (χ4v) is 2.62. The highest BCUT2D eigenvalue weighted by Crippen LogP contribution is 2.29. The first-order chi connectivity index (χ1) is 9.36. The molecule has 0 spiro atoms. The van der Waals surface area contributed by atoms with E-state index in [0.717, 1.165) is 21.4 Å². The number of rotatable bonds is 3. The van der Waals surface area contributed by atoms with Gasteiger partial charge in [0.05, 0.1) is 11.4 Å². The molecule has 0 bridgehead atoms. The van der Waals surface area contributed by atoms with E-state index in [0.29, 0.717) is 10.7 Å². The third-order valence-corrected chi connectivity index (χ3v) is 3.98. The number of halogens is 2. The van der Waals surface area contributed by atoms with Crippen LogP contribution in [0.25, 0.3) is 0 Å². The standard InChI is InChI=1S/C14H15BrClN3O/c1-8-4-11(15)13(6-12(8)16)17-14(20)7-19-10(3)5-9(2)18-19/h4-6H,7H2,1-3H3,(H,17,20). The maximum absolute atomic E-state index is 12.1. The first-order valence-electron chi connectivity index (χ1n) is 6.13. The molecular formula is C14H15BrClN3O. The minimum atomic E-state index is -0.142. The van der Waals surface area contributed by atoms with Crippen LogP contribution >= 0.6 is 27.5 Å². The van der Waals surface area contributed by atoms with Gasteiger partial charge in [0.25, 0.3) is 0 Å². The molecule has 0 radical (unpaired) electrons. The molecule has 106 valence electrons. The van der Waals surface area contributed by atoms with Gasteiger partial charge in [-0.05, 0) is 60.5 Å². The highest BCUT2D eigenvalue weighted by atomic mass is 79.9. The van der Waals surface area contributed by atoms with Crippen LogP contribution in [-0.2, 0) is 11.3 Å². The van der Waals surface area contributed by atoms with Crippen molar-refractivity contribution < 1.29 is 4.79 Å². The highest BCUT2D eigenvalue weighted by Gasteiger charge is 2.10. The van der Waals surface area contributed by atoms with Crippen LogP contribution in [0.5, 0.6) is 0 Å². The molecule has 0 saturated heterocycles. The van der Waals surface area contributed by atoms with Crippen molar-refractivity contribution in [3.8, 4) is 0 Å². The van der Waals surface area contributed by atoms with Crippen LogP contribution in [0, 0.1) is 20.8 Å². The van der Waals surface area contributed by atoms with Crippen LogP contribution < -0.4 is 5.32 Å². The molecule has 1 aromatic carbocycles. The predicted molar refractivity (Wildman–Crippen MR) is 84.2 cm³/mol. The number of amides is 1. The normalized spacial score (nSPS) is 10.7. The number of aryl methyl sites for hydroxylation is 3. The van der Waals surface area contributed by atoms with Gasteiger partial charge in [-0.2, -0.15) is 5.10 Å². The van der Waals surface area contributed by atoms with Crippen molar-refractivity contribution in [1.82, 2.24) is 9.78 Å². The summed E-state index contributed by atoms with van der Waals surface area (Å²) in [5.41, 5.74) is 3.47. The van der Waals surface area contributed by atoms with E-state index in [1.165, 1.54) is 0 Å². The summed E-state index contributed by atoms with van der Waals surface area (Å²) < 4.78 is 2.48. The van der Waals surface area contributed by atoms with Crippen molar-refractivity contribution >= 4 is 39.1 Å². The Kier molecular flexibility index (Phi) is 4.50. The lowest BCUT2D eigenvalue weighted by molar-refractivity contribution is -0.116. The maximum Gasteiger partial charge on any atom is 0.246 e. The molecule has 0 atom stereocenters. The summed E-state index contributed by atoms with van der Waals surface area (Å²) in [6, 6.07) is 5.55. The number of nitrogens with one attached hydrogen (secondary N) is 1. The lowest BCUT2D eigenvalue weighted by atomic mass is 10.2. The molecule has 0 aliphatic carbocycles. The second-order valence-corrected chi connectivity index (χ2v) is 5.98. The van der Waals surface area contributed by atoms with E-state index in [4.69, 9.17) is 11.6 Å². The minimum absolute atomic E-state index is 0.142. The van der Waals surface area contributed by atoms with E-state index in [-0.39, 0.29) is 12.5 Å². The Balaban J connectivity index is 2.12. The third-order valence-electron chi connectivity index (χ3n) is 2.92. The Labute approximate surface area is 131 Å². The van der Waals surface area contributed by atoms with Gasteiger partial charge in [0, 0.05) is 15.2 Å². The molecule has 0 unspecified atom stereocenters. The molecule has 0 aliphatic rings. The quantitative estimate of drug-likeness (QED) is 0.907. The summed E-state index contributed by atoms with van der Waals surface area (Å²) in [6.07, 6.45) is 0. The number of carbonyl (C=O) groups excluding carboxylic acids is 1. The average Bonchev–Trinajstić information content (AvgIpc) is 2.64. The van der Waals surface area contributed by atoms with Crippen molar-refractivity contribution in [3.63, 3.8) is 0 Å². The fraction of sp³-hybridized carbons (Fsp3) is 0.286. The first kappa shape index (κ1) is 15.1. The van der Waals surface area contributed by atoms with Crippen LogP contribution in [-0.4, -0.2) is 15.7 Å². The van der Waals surface area contributed by atoms with E-state index < -0.39 is 0 Å². The molecule has 20 heavy (non-hydrogen) atoms. The second kappa shape index (κ2) is 5.97. The van der Waals surface area contributed by atoms with Gasteiger partial charge in [0.1, 0.15) is 6.54 Å². The molecular weight excluding hydrogens is 342 g/mol. The number of aromatic nitrogens is 2. The lowest BCUT2D eigenvalue weighted by Crippen LogP contribution is -2.20. The van der Waals surface area contributed by atoms with Crippen molar-refractivity contribution in [2.24, 2.45) is 0 Å². The Morgan fingerprint density at radius 3 is 2.65 bits per heavy atom. The van der Waals surface area contributed by atoms with E-state index in [1.807, 2.05) is 32.9 Å². The van der Waals surface area contributed by atoms with Gasteiger partial charge < -0.3 is 5.32 Å². The van der Waals surface area contributed by atoms with Crippen LogP contribution in [0.2, 0.25) is 5.02 Å². The van der Waals surface area contributed by atoms with Gasteiger partial charge >= 0.3 is 0 Å². The smallest absolute Gasteiger partial charge is 0.246 e. The molecule has 0 saturated carbocycles. The number of benzene rings is 1. The molecule has 4 nitrogen and oxygen atoms in total. The zero-order valence-corrected chi connectivity index (χ0v) is 13.8. The summed E-state index contributed by atoms with van der Waals surface area (Å²) in [7, 11) is 0. The molecule has 1 aromatic heterocycles. The molecule has 2 rings (SSSR count). The summed E-state index contributed by atoms with van der Waals surface area (Å²) >= 11 is 9.49. The molecule has 6 heteroatoms. The van der Waals surface area contributed by atoms with Gasteiger partial charge in [-0.15, -0.1) is 0 Å². The van der Waals surface area contributed by atoms with Gasteiger partial charge in [-0.25, -0.2) is 0 Å². The summed E-state index contributed by atoms with van der Waals surface area (Å²) in [5, 5.41) is 7.72. The Hall–Kier alpha value is -1.33.